The van der Waals surface area contributed by atoms with Gasteiger partial charge in [0.1, 0.15) is 0 Å². The van der Waals surface area contributed by atoms with Crippen molar-refractivity contribution in [3.63, 3.8) is 0 Å². The Labute approximate surface area is 165 Å². The maximum absolute atomic E-state index is 12.6. The monoisotopic (exact) mass is 382 g/mol. The molecular weight excluding hydrogens is 356 g/mol. The summed E-state index contributed by atoms with van der Waals surface area (Å²) in [4.78, 5) is 24.6. The van der Waals surface area contributed by atoms with E-state index in [9.17, 15) is 9.59 Å². The van der Waals surface area contributed by atoms with E-state index < -0.39 is 11.3 Å². The third kappa shape index (κ3) is 3.19. The molecule has 0 bridgehead atoms. The van der Waals surface area contributed by atoms with E-state index in [2.05, 4.69) is 5.32 Å². The lowest BCUT2D eigenvalue weighted by Gasteiger charge is -2.28. The minimum atomic E-state index is -0.544. The smallest absolute Gasteiger partial charge is 0.249 e. The molecule has 2 aromatic rings. The summed E-state index contributed by atoms with van der Waals surface area (Å²) in [6.07, 6.45) is 3.73. The first-order valence-corrected chi connectivity index (χ1v) is 9.36. The first-order chi connectivity index (χ1) is 13.5. The topological polar surface area (TPSA) is 90.7 Å². The molecule has 1 saturated carbocycles. The van der Waals surface area contributed by atoms with Crippen molar-refractivity contribution in [2.45, 2.75) is 31.1 Å². The van der Waals surface area contributed by atoms with Gasteiger partial charge in [0, 0.05) is 12.6 Å². The van der Waals surface area contributed by atoms with E-state index in [1.165, 1.54) is 7.11 Å². The number of carbonyl (C=O) groups excluding carboxylic acids is 2. The quantitative estimate of drug-likeness (QED) is 0.803. The number of likely N-dealkylation sites (N-methyl/N-ethyl adjacent to an activating group) is 1. The van der Waals surface area contributed by atoms with Gasteiger partial charge in [-0.05, 0) is 36.1 Å². The van der Waals surface area contributed by atoms with Crippen LogP contribution in [0, 0.1) is 0 Å². The molecule has 0 radical (unpaired) electrons. The third-order valence-electron chi connectivity index (χ3n) is 5.66. The SMILES string of the molecule is CNC(=O)C1(c2ccc(-c3c(C(N)=O)ccc(OC)c3OC)cc2)CCCC1. The van der Waals surface area contributed by atoms with E-state index in [0.717, 1.165) is 36.8 Å². The van der Waals surface area contributed by atoms with Crippen molar-refractivity contribution in [1.82, 2.24) is 5.32 Å². The second kappa shape index (κ2) is 7.92. The molecule has 0 saturated heterocycles. The van der Waals surface area contributed by atoms with Gasteiger partial charge in [0.15, 0.2) is 11.5 Å². The molecular formula is C22H26N2O4. The van der Waals surface area contributed by atoms with Gasteiger partial charge in [-0.25, -0.2) is 0 Å². The standard InChI is InChI=1S/C22H26N2O4/c1-24-21(26)22(12-4-5-13-22)15-8-6-14(7-9-15)18-16(20(23)25)10-11-17(27-2)19(18)28-3/h6-11H,4-5,12-13H2,1-3H3,(H2,23,25)(H,24,26). The molecule has 1 fully saturated rings. The van der Waals surface area contributed by atoms with Gasteiger partial charge >= 0.3 is 0 Å². The van der Waals surface area contributed by atoms with Gasteiger partial charge in [-0.1, -0.05) is 37.1 Å². The Hall–Kier alpha value is -3.02. The molecule has 0 heterocycles. The van der Waals surface area contributed by atoms with E-state index >= 15 is 0 Å². The number of carbonyl (C=O) groups is 2. The number of methoxy groups -OCH3 is 2. The lowest BCUT2D eigenvalue weighted by Crippen LogP contribution is -2.40. The van der Waals surface area contributed by atoms with Gasteiger partial charge < -0.3 is 20.5 Å². The van der Waals surface area contributed by atoms with E-state index in [4.69, 9.17) is 15.2 Å². The molecule has 0 spiro atoms. The first kappa shape index (κ1) is 19.7. The summed E-state index contributed by atoms with van der Waals surface area (Å²) in [6, 6.07) is 11.0. The Morgan fingerprint density at radius 3 is 2.14 bits per heavy atom. The Balaban J connectivity index is 2.12. The minimum Gasteiger partial charge on any atom is -0.493 e. The minimum absolute atomic E-state index is 0.0505. The maximum Gasteiger partial charge on any atom is 0.249 e. The average Bonchev–Trinajstić information content (AvgIpc) is 3.23. The Kier molecular flexibility index (Phi) is 5.58. The van der Waals surface area contributed by atoms with E-state index in [1.807, 2.05) is 24.3 Å². The third-order valence-corrected chi connectivity index (χ3v) is 5.66. The van der Waals surface area contributed by atoms with Crippen molar-refractivity contribution >= 4 is 11.8 Å². The second-order valence-electron chi connectivity index (χ2n) is 7.03. The molecule has 2 amide bonds. The number of nitrogens with one attached hydrogen (secondary N) is 1. The summed E-state index contributed by atoms with van der Waals surface area (Å²) in [5.41, 5.74) is 7.80. The van der Waals surface area contributed by atoms with Crippen molar-refractivity contribution in [2.75, 3.05) is 21.3 Å². The predicted octanol–water partition coefficient (Wildman–Crippen LogP) is 3.03. The van der Waals surface area contributed by atoms with Crippen molar-refractivity contribution in [1.29, 1.82) is 0 Å². The Morgan fingerprint density at radius 2 is 1.64 bits per heavy atom. The van der Waals surface area contributed by atoms with Crippen LogP contribution in [0.1, 0.15) is 41.6 Å². The Morgan fingerprint density at radius 1 is 1.00 bits per heavy atom. The van der Waals surface area contributed by atoms with Crippen LogP contribution in [0.25, 0.3) is 11.1 Å². The van der Waals surface area contributed by atoms with Crippen LogP contribution in [0.2, 0.25) is 0 Å². The molecule has 2 aromatic carbocycles. The molecule has 1 aliphatic carbocycles. The fraction of sp³-hybridized carbons (Fsp3) is 0.364. The number of ether oxygens (including phenoxy) is 2. The van der Waals surface area contributed by atoms with Gasteiger partial charge in [0.05, 0.1) is 25.2 Å². The van der Waals surface area contributed by atoms with E-state index in [1.54, 1.807) is 26.3 Å². The van der Waals surface area contributed by atoms with Gasteiger partial charge in [-0.2, -0.15) is 0 Å². The zero-order chi connectivity index (χ0) is 20.3. The highest BCUT2D eigenvalue weighted by molar-refractivity contribution is 6.02. The molecule has 3 rings (SSSR count). The van der Waals surface area contributed by atoms with Gasteiger partial charge in [0.2, 0.25) is 11.8 Å². The van der Waals surface area contributed by atoms with Crippen molar-refractivity contribution in [3.05, 3.63) is 47.5 Å². The summed E-state index contributed by atoms with van der Waals surface area (Å²) in [7, 11) is 4.75. The zero-order valence-corrected chi connectivity index (χ0v) is 16.5. The van der Waals surface area contributed by atoms with Crippen molar-refractivity contribution < 1.29 is 19.1 Å². The van der Waals surface area contributed by atoms with Crippen molar-refractivity contribution in [2.24, 2.45) is 5.73 Å². The van der Waals surface area contributed by atoms with Crippen LogP contribution >= 0.6 is 0 Å². The zero-order valence-electron chi connectivity index (χ0n) is 16.5. The molecule has 6 nitrogen and oxygen atoms in total. The molecule has 0 aliphatic heterocycles. The average molecular weight is 382 g/mol. The fourth-order valence-corrected chi connectivity index (χ4v) is 4.24. The summed E-state index contributed by atoms with van der Waals surface area (Å²) in [5, 5.41) is 2.81. The number of rotatable bonds is 6. The molecule has 1 aliphatic rings. The lowest BCUT2D eigenvalue weighted by atomic mass is 9.77. The molecule has 6 heteroatoms. The lowest BCUT2D eigenvalue weighted by molar-refractivity contribution is -0.126. The Bertz CT molecular complexity index is 884. The maximum atomic E-state index is 12.6. The summed E-state index contributed by atoms with van der Waals surface area (Å²) < 4.78 is 10.9. The number of amides is 2. The van der Waals surface area contributed by atoms with E-state index in [0.29, 0.717) is 22.6 Å². The number of benzene rings is 2. The van der Waals surface area contributed by atoms with Gasteiger partial charge in [-0.3, -0.25) is 9.59 Å². The molecule has 3 N–H and O–H groups in total. The number of nitrogens with two attached hydrogens (primary N) is 1. The van der Waals surface area contributed by atoms with Crippen LogP contribution in [0.3, 0.4) is 0 Å². The summed E-state index contributed by atoms with van der Waals surface area (Å²) in [5.74, 6) is 0.477. The molecule has 148 valence electrons. The molecule has 0 aromatic heterocycles. The summed E-state index contributed by atoms with van der Waals surface area (Å²) in [6.45, 7) is 0. The predicted molar refractivity (Wildman–Crippen MR) is 108 cm³/mol. The summed E-state index contributed by atoms with van der Waals surface area (Å²) >= 11 is 0. The van der Waals surface area contributed by atoms with Gasteiger partial charge in [-0.15, -0.1) is 0 Å². The largest absolute Gasteiger partial charge is 0.493 e. The number of primary amides is 1. The van der Waals surface area contributed by atoms with E-state index in [-0.39, 0.29) is 5.91 Å². The second-order valence-corrected chi connectivity index (χ2v) is 7.03. The van der Waals surface area contributed by atoms with Crippen LogP contribution in [0.15, 0.2) is 36.4 Å². The fourth-order valence-electron chi connectivity index (χ4n) is 4.24. The highest BCUT2D eigenvalue weighted by Gasteiger charge is 2.42. The molecule has 0 unspecified atom stereocenters. The van der Waals surface area contributed by atoms with Crippen LogP contribution in [0.4, 0.5) is 0 Å². The molecule has 28 heavy (non-hydrogen) atoms. The highest BCUT2D eigenvalue weighted by atomic mass is 16.5. The van der Waals surface area contributed by atoms with Crippen molar-refractivity contribution in [3.8, 4) is 22.6 Å². The number of hydrogen-bond acceptors (Lipinski definition) is 4. The van der Waals surface area contributed by atoms with Gasteiger partial charge in [0.25, 0.3) is 0 Å². The number of hydrogen-bond donors (Lipinski definition) is 2. The van der Waals surface area contributed by atoms with Crippen LogP contribution in [0.5, 0.6) is 11.5 Å². The van der Waals surface area contributed by atoms with Crippen LogP contribution < -0.4 is 20.5 Å². The highest BCUT2D eigenvalue weighted by Crippen LogP contribution is 2.44. The molecule has 0 atom stereocenters. The first-order valence-electron chi connectivity index (χ1n) is 9.36. The van der Waals surface area contributed by atoms with Crippen LogP contribution in [-0.2, 0) is 10.2 Å². The van der Waals surface area contributed by atoms with Crippen LogP contribution in [-0.4, -0.2) is 33.1 Å². The normalized spacial score (nSPS) is 15.1.